The summed E-state index contributed by atoms with van der Waals surface area (Å²) in [5.41, 5.74) is 29.2. The molecule has 0 amide bonds. The molecule has 3 aliphatic rings. The Morgan fingerprint density at radius 3 is 1.19 bits per heavy atom. The molecule has 1 nitrogen and oxygen atoms in total. The summed E-state index contributed by atoms with van der Waals surface area (Å²) in [5, 5.41) is 0. The smallest absolute Gasteiger partial charge is 0.0792 e. The summed E-state index contributed by atoms with van der Waals surface area (Å²) in [6.45, 7) is 0. The van der Waals surface area contributed by atoms with Gasteiger partial charge in [0.2, 0.25) is 0 Å². The van der Waals surface area contributed by atoms with Crippen molar-refractivity contribution in [2.45, 2.75) is 10.8 Å². The van der Waals surface area contributed by atoms with Crippen molar-refractivity contribution >= 4 is 22.6 Å². The normalized spacial score (nSPS) is 14.2. The second kappa shape index (κ2) is 16.4. The van der Waals surface area contributed by atoms with E-state index in [2.05, 4.69) is 289 Å². The second-order valence-corrected chi connectivity index (χ2v) is 18.2. The average Bonchev–Trinajstić information content (AvgIpc) is 3.91. The van der Waals surface area contributed by atoms with Crippen LogP contribution in [0.5, 0.6) is 0 Å². The van der Waals surface area contributed by atoms with E-state index in [1.165, 1.54) is 61.2 Å². The van der Waals surface area contributed by atoms with Gasteiger partial charge in [0.1, 0.15) is 0 Å². The Hall–Kier alpha value is -8.96. The molecule has 0 N–H and O–H groups in total. The van der Waals surface area contributed by atoms with Crippen molar-refractivity contribution < 1.29 is 0 Å². The van der Waals surface area contributed by atoms with E-state index in [0.29, 0.717) is 0 Å². The van der Waals surface area contributed by atoms with E-state index in [1.807, 2.05) is 0 Å². The van der Waals surface area contributed by atoms with Crippen LogP contribution in [-0.2, 0) is 10.8 Å². The minimum absolute atomic E-state index is 0.434. The van der Waals surface area contributed by atoms with Gasteiger partial charge in [-0.3, -0.25) is 0 Å². The van der Waals surface area contributed by atoms with Gasteiger partial charge in [0.25, 0.3) is 0 Å². The molecule has 0 aromatic heterocycles. The van der Waals surface area contributed by atoms with Gasteiger partial charge in [0.05, 0.1) is 10.8 Å². The van der Waals surface area contributed by atoms with Crippen molar-refractivity contribution in [2.24, 2.45) is 0 Å². The van der Waals surface area contributed by atoms with Crippen LogP contribution in [0.25, 0.3) is 39.0 Å². The van der Waals surface area contributed by atoms with Gasteiger partial charge in [-0.2, -0.15) is 0 Å². The highest BCUT2D eigenvalue weighted by atomic mass is 15.1. The number of allylic oxidation sites excluding steroid dienone is 4. The van der Waals surface area contributed by atoms with E-state index in [1.54, 1.807) is 0 Å². The van der Waals surface area contributed by atoms with Crippen molar-refractivity contribution in [1.29, 1.82) is 0 Å². The van der Waals surface area contributed by atoms with E-state index < -0.39 is 10.8 Å². The van der Waals surface area contributed by atoms with Crippen molar-refractivity contribution in [2.75, 3.05) is 4.90 Å². The van der Waals surface area contributed by atoms with Gasteiger partial charge in [-0.15, -0.1) is 0 Å². The summed E-state index contributed by atoms with van der Waals surface area (Å²) in [4.78, 5) is 2.35. The van der Waals surface area contributed by atoms with Gasteiger partial charge in [-0.25, -0.2) is 0 Å². The van der Waals surface area contributed by atoms with Crippen LogP contribution in [0.2, 0.25) is 0 Å². The number of hydrogen-bond donors (Lipinski definition) is 0. The zero-order valence-electron chi connectivity index (χ0n) is 37.9. The van der Waals surface area contributed by atoms with E-state index in [-0.39, 0.29) is 0 Å². The number of fused-ring (bicyclic) bond motifs is 6. The molecule has 0 aliphatic heterocycles. The molecule has 0 radical (unpaired) electrons. The third-order valence-corrected chi connectivity index (χ3v) is 14.7. The van der Waals surface area contributed by atoms with E-state index >= 15 is 0 Å². The van der Waals surface area contributed by atoms with Crippen LogP contribution in [0.3, 0.4) is 0 Å². The lowest BCUT2D eigenvalue weighted by molar-refractivity contribution is 0.768. The molecule has 69 heavy (non-hydrogen) atoms. The number of para-hydroxylation sites is 1. The van der Waals surface area contributed by atoms with Crippen LogP contribution in [0.1, 0.15) is 44.5 Å². The Labute approximate surface area is 404 Å². The Bertz CT molecular complexity index is 3640. The molecule has 322 valence electrons. The molecule has 0 heterocycles. The molecule has 13 rings (SSSR count). The highest BCUT2D eigenvalue weighted by molar-refractivity contribution is 5.90. The highest BCUT2D eigenvalue weighted by Gasteiger charge is 2.48. The maximum absolute atomic E-state index is 3.74. The molecule has 1 heteroatoms. The minimum Gasteiger partial charge on any atom is -0.310 e. The zero-order valence-corrected chi connectivity index (χ0v) is 37.9. The molecular weight excluding hydrogens is 831 g/mol. The first-order chi connectivity index (χ1) is 34.2. The van der Waals surface area contributed by atoms with Crippen molar-refractivity contribution in [3.05, 3.63) is 335 Å². The topological polar surface area (TPSA) is 3.24 Å². The SMILES string of the molecule is C1=C=C(C2(c3ccccc3)c3ccccc3-c3ccccc32)C=CC=1c1cccc(N(c2ccccc2)c2cccc(-c3ccc(C4(c5ccccc5)c5ccccc5-c5ccccc54)cc3)c2)c1. The standard InChI is InChI=1S/C68H45N/c1-4-22-52(23-5-1)67(63-34-14-10-30-59(63)60-31-11-15-35-64(60)67)54-42-38-48(39-43-54)50-20-18-28-57(46-50)69(56-26-8-3-9-27-56)58-29-19-21-51(47-58)49-40-44-55(45-41-49)68(53-24-6-2-7-25-53)65-36-16-12-32-61(65)62-33-13-17-37-66(62)68/h1-40,42-44,46-47H. The molecule has 0 bridgehead atoms. The average molecular weight is 876 g/mol. The largest absolute Gasteiger partial charge is 0.310 e. The summed E-state index contributed by atoms with van der Waals surface area (Å²) in [7, 11) is 0. The third-order valence-electron chi connectivity index (χ3n) is 14.7. The van der Waals surface area contributed by atoms with E-state index in [0.717, 1.165) is 44.9 Å². The number of rotatable bonds is 9. The molecule has 3 aliphatic carbocycles. The lowest BCUT2D eigenvalue weighted by Gasteiger charge is -2.34. The third kappa shape index (κ3) is 6.27. The number of anilines is 3. The monoisotopic (exact) mass is 875 g/mol. The molecule has 0 saturated heterocycles. The molecule has 0 unspecified atom stereocenters. The summed E-state index contributed by atoms with van der Waals surface area (Å²) in [6.07, 6.45) is 4.49. The quantitative estimate of drug-likeness (QED) is 0.131. The molecule has 10 aromatic carbocycles. The molecule has 0 saturated carbocycles. The Morgan fingerprint density at radius 1 is 0.275 bits per heavy atom. The van der Waals surface area contributed by atoms with Crippen LogP contribution in [0.15, 0.2) is 290 Å². The van der Waals surface area contributed by atoms with Crippen LogP contribution in [0.4, 0.5) is 17.1 Å². The van der Waals surface area contributed by atoms with Crippen LogP contribution in [0, 0.1) is 0 Å². The minimum atomic E-state index is -0.516. The summed E-state index contributed by atoms with van der Waals surface area (Å²) in [6, 6.07) is 95.1. The van der Waals surface area contributed by atoms with Crippen molar-refractivity contribution in [1.82, 2.24) is 0 Å². The summed E-state index contributed by atoms with van der Waals surface area (Å²) >= 11 is 0. The molecular formula is C68H45N. The van der Waals surface area contributed by atoms with E-state index in [9.17, 15) is 0 Å². The first-order valence-electron chi connectivity index (χ1n) is 23.8. The van der Waals surface area contributed by atoms with Gasteiger partial charge in [0.15, 0.2) is 0 Å². The lowest BCUT2D eigenvalue weighted by atomic mass is 9.67. The lowest BCUT2D eigenvalue weighted by Crippen LogP contribution is -2.28. The number of hydrogen-bond acceptors (Lipinski definition) is 1. The first-order valence-corrected chi connectivity index (χ1v) is 23.8. The molecule has 10 aromatic rings. The van der Waals surface area contributed by atoms with Gasteiger partial charge in [0, 0.05) is 28.2 Å². The Kier molecular flexibility index (Phi) is 9.60. The number of benzene rings is 10. The second-order valence-electron chi connectivity index (χ2n) is 18.2. The van der Waals surface area contributed by atoms with E-state index in [4.69, 9.17) is 0 Å². The predicted octanol–water partition coefficient (Wildman–Crippen LogP) is 16.8. The molecule has 0 fully saturated rings. The van der Waals surface area contributed by atoms with Gasteiger partial charge in [-0.05, 0) is 126 Å². The van der Waals surface area contributed by atoms with Crippen molar-refractivity contribution in [3.8, 4) is 33.4 Å². The van der Waals surface area contributed by atoms with Gasteiger partial charge in [-0.1, -0.05) is 236 Å². The van der Waals surface area contributed by atoms with Crippen LogP contribution >= 0.6 is 0 Å². The van der Waals surface area contributed by atoms with Gasteiger partial charge < -0.3 is 4.90 Å². The predicted molar refractivity (Wildman–Crippen MR) is 285 cm³/mol. The maximum Gasteiger partial charge on any atom is 0.0792 e. The maximum atomic E-state index is 3.74. The Morgan fingerprint density at radius 2 is 0.681 bits per heavy atom. The summed E-state index contributed by atoms with van der Waals surface area (Å²) < 4.78 is 0. The Balaban J connectivity index is 0.895. The number of nitrogens with zero attached hydrogens (tertiary/aromatic N) is 1. The molecule has 0 spiro atoms. The highest BCUT2D eigenvalue weighted by Crippen LogP contribution is 2.58. The fourth-order valence-electron chi connectivity index (χ4n) is 11.7. The molecule has 0 atom stereocenters. The fraction of sp³-hybridized carbons (Fsp3) is 0.0294. The zero-order chi connectivity index (χ0) is 45.8. The fourth-order valence-corrected chi connectivity index (χ4v) is 11.7. The van der Waals surface area contributed by atoms with Crippen LogP contribution in [-0.4, -0.2) is 0 Å². The first kappa shape index (κ1) is 40.3. The van der Waals surface area contributed by atoms with Crippen LogP contribution < -0.4 is 4.90 Å². The van der Waals surface area contributed by atoms with Gasteiger partial charge >= 0.3 is 0 Å². The summed E-state index contributed by atoms with van der Waals surface area (Å²) in [5.74, 6) is 0. The van der Waals surface area contributed by atoms with Crippen molar-refractivity contribution in [3.63, 3.8) is 0 Å².